The lowest BCUT2D eigenvalue weighted by Gasteiger charge is -2.18. The van der Waals surface area contributed by atoms with E-state index in [0.717, 1.165) is 17.8 Å². The first kappa shape index (κ1) is 18.9. The molecule has 2 aromatic rings. The van der Waals surface area contributed by atoms with Crippen molar-refractivity contribution in [3.05, 3.63) is 40.7 Å². The molecule has 0 saturated heterocycles. The summed E-state index contributed by atoms with van der Waals surface area (Å²) < 4.78 is 6.54. The van der Waals surface area contributed by atoms with Gasteiger partial charge in [-0.2, -0.15) is 4.98 Å². The Labute approximate surface area is 150 Å². The first-order valence-corrected chi connectivity index (χ1v) is 8.86. The molecule has 0 bridgehead atoms. The van der Waals surface area contributed by atoms with E-state index in [2.05, 4.69) is 4.98 Å². The summed E-state index contributed by atoms with van der Waals surface area (Å²) in [5, 5.41) is 9.92. The molecule has 8 heteroatoms. The maximum atomic E-state index is 12.4. The van der Waals surface area contributed by atoms with E-state index in [1.165, 1.54) is 11.7 Å². The van der Waals surface area contributed by atoms with Crippen LogP contribution in [0.4, 0.5) is 0 Å². The summed E-state index contributed by atoms with van der Waals surface area (Å²) in [6, 6.07) is 7.98. The van der Waals surface area contributed by atoms with E-state index in [1.54, 1.807) is 29.2 Å². The van der Waals surface area contributed by atoms with Gasteiger partial charge in [-0.25, -0.2) is 0 Å². The molecule has 0 fully saturated rings. The minimum Gasteiger partial charge on any atom is -0.497 e. The van der Waals surface area contributed by atoms with Crippen LogP contribution in [0.15, 0.2) is 40.3 Å². The lowest BCUT2D eigenvalue weighted by atomic mass is 10.3. The van der Waals surface area contributed by atoms with E-state index in [1.807, 2.05) is 13.8 Å². The number of nitrogens with zero attached hydrogens (tertiary/aromatic N) is 3. The fourth-order valence-electron chi connectivity index (χ4n) is 2.33. The van der Waals surface area contributed by atoms with Gasteiger partial charge in [0, 0.05) is 19.2 Å². The second-order valence-corrected chi connectivity index (χ2v) is 6.07. The predicted octanol–water partition coefficient (Wildman–Crippen LogP) is 1.91. The quantitative estimate of drug-likeness (QED) is 0.597. The molecule has 25 heavy (non-hydrogen) atoms. The summed E-state index contributed by atoms with van der Waals surface area (Å²) in [5.74, 6) is 0.293. The summed E-state index contributed by atoms with van der Waals surface area (Å²) in [5.41, 5.74) is 0.119. The standard InChI is InChI=1S/C17H21N3O4S/c1-4-19(5-2)16(23)11-25-17-18-14(21)10-15(22)20(17)12-7-6-8-13(9-12)24-3/h6-10,21H,4-5,11H2,1-3H3. The van der Waals surface area contributed by atoms with Crippen LogP contribution in [0.2, 0.25) is 0 Å². The zero-order valence-corrected chi connectivity index (χ0v) is 15.2. The Morgan fingerprint density at radius 3 is 2.68 bits per heavy atom. The van der Waals surface area contributed by atoms with E-state index in [0.29, 0.717) is 24.5 Å². The van der Waals surface area contributed by atoms with Crippen molar-refractivity contribution in [1.29, 1.82) is 0 Å². The number of rotatable bonds is 7. The Bertz CT molecular complexity index is 803. The number of aromatic nitrogens is 2. The van der Waals surface area contributed by atoms with Crippen LogP contribution < -0.4 is 10.3 Å². The van der Waals surface area contributed by atoms with Crippen molar-refractivity contribution in [1.82, 2.24) is 14.5 Å². The van der Waals surface area contributed by atoms with Gasteiger partial charge in [-0.1, -0.05) is 17.8 Å². The molecular weight excluding hydrogens is 342 g/mol. The molecule has 0 radical (unpaired) electrons. The molecule has 1 aromatic carbocycles. The molecule has 134 valence electrons. The molecule has 1 N–H and O–H groups in total. The summed E-state index contributed by atoms with van der Waals surface area (Å²) in [6.45, 7) is 5.05. The van der Waals surface area contributed by atoms with E-state index >= 15 is 0 Å². The monoisotopic (exact) mass is 363 g/mol. The third kappa shape index (κ3) is 4.54. The molecule has 1 aromatic heterocycles. The number of carbonyl (C=O) groups is 1. The van der Waals surface area contributed by atoms with E-state index in [4.69, 9.17) is 4.74 Å². The van der Waals surface area contributed by atoms with Gasteiger partial charge in [0.2, 0.25) is 11.8 Å². The van der Waals surface area contributed by atoms with Crippen LogP contribution in [0.1, 0.15) is 13.8 Å². The summed E-state index contributed by atoms with van der Waals surface area (Å²) in [6.07, 6.45) is 0. The fraction of sp³-hybridized carbons (Fsp3) is 0.353. The number of methoxy groups -OCH3 is 1. The van der Waals surface area contributed by atoms with Crippen molar-refractivity contribution >= 4 is 17.7 Å². The molecular formula is C17H21N3O4S. The Hall–Kier alpha value is -2.48. The van der Waals surface area contributed by atoms with Crippen LogP contribution in [0.5, 0.6) is 11.6 Å². The van der Waals surface area contributed by atoms with Crippen LogP contribution in [0.25, 0.3) is 5.69 Å². The number of ether oxygens (including phenoxy) is 1. The van der Waals surface area contributed by atoms with E-state index in [9.17, 15) is 14.7 Å². The zero-order valence-electron chi connectivity index (χ0n) is 14.4. The lowest BCUT2D eigenvalue weighted by molar-refractivity contribution is -0.127. The number of benzene rings is 1. The smallest absolute Gasteiger partial charge is 0.262 e. The van der Waals surface area contributed by atoms with Crippen LogP contribution in [-0.2, 0) is 4.79 Å². The van der Waals surface area contributed by atoms with Crippen molar-refractivity contribution in [3.8, 4) is 17.3 Å². The molecule has 0 aliphatic rings. The number of hydrogen-bond donors (Lipinski definition) is 1. The topological polar surface area (TPSA) is 84.7 Å². The Morgan fingerprint density at radius 1 is 1.32 bits per heavy atom. The highest BCUT2D eigenvalue weighted by Gasteiger charge is 2.15. The Kier molecular flexibility index (Phi) is 6.46. The Morgan fingerprint density at radius 2 is 2.04 bits per heavy atom. The molecule has 2 rings (SSSR count). The first-order valence-electron chi connectivity index (χ1n) is 7.88. The molecule has 1 amide bonds. The van der Waals surface area contributed by atoms with Crippen LogP contribution >= 0.6 is 11.8 Å². The van der Waals surface area contributed by atoms with E-state index in [-0.39, 0.29) is 22.7 Å². The summed E-state index contributed by atoms with van der Waals surface area (Å²) in [4.78, 5) is 30.3. The van der Waals surface area contributed by atoms with Crippen molar-refractivity contribution in [2.75, 3.05) is 26.0 Å². The molecule has 0 saturated carbocycles. The highest BCUT2D eigenvalue weighted by Crippen LogP contribution is 2.23. The van der Waals surface area contributed by atoms with Crippen LogP contribution in [0.3, 0.4) is 0 Å². The van der Waals surface area contributed by atoms with Gasteiger partial charge in [0.25, 0.3) is 5.56 Å². The highest BCUT2D eigenvalue weighted by molar-refractivity contribution is 7.99. The van der Waals surface area contributed by atoms with Gasteiger partial charge in [0.15, 0.2) is 5.16 Å². The largest absolute Gasteiger partial charge is 0.497 e. The van der Waals surface area contributed by atoms with Gasteiger partial charge in [-0.15, -0.1) is 0 Å². The van der Waals surface area contributed by atoms with Gasteiger partial charge >= 0.3 is 0 Å². The molecule has 0 spiro atoms. The van der Waals surface area contributed by atoms with Gasteiger partial charge in [-0.05, 0) is 26.0 Å². The highest BCUT2D eigenvalue weighted by atomic mass is 32.2. The fourth-order valence-corrected chi connectivity index (χ4v) is 3.25. The molecule has 0 aliphatic heterocycles. The predicted molar refractivity (Wildman–Crippen MR) is 96.7 cm³/mol. The van der Waals surface area contributed by atoms with Crippen molar-refractivity contribution < 1.29 is 14.6 Å². The second kappa shape index (κ2) is 8.57. The summed E-state index contributed by atoms with van der Waals surface area (Å²) in [7, 11) is 1.54. The van der Waals surface area contributed by atoms with Crippen molar-refractivity contribution in [2.45, 2.75) is 19.0 Å². The minimum atomic E-state index is -0.432. The Balaban J connectivity index is 2.37. The van der Waals surface area contributed by atoms with Gasteiger partial charge in [0.1, 0.15) is 5.75 Å². The molecule has 0 unspecified atom stereocenters. The average molecular weight is 363 g/mol. The van der Waals surface area contributed by atoms with Gasteiger partial charge < -0.3 is 14.7 Å². The number of thioether (sulfide) groups is 1. The SMILES string of the molecule is CCN(CC)C(=O)CSc1nc(O)cc(=O)n1-c1cccc(OC)c1. The molecule has 1 heterocycles. The van der Waals surface area contributed by atoms with Crippen molar-refractivity contribution in [3.63, 3.8) is 0 Å². The maximum absolute atomic E-state index is 12.4. The third-order valence-corrected chi connectivity index (χ3v) is 4.55. The number of aromatic hydroxyl groups is 1. The van der Waals surface area contributed by atoms with Crippen LogP contribution in [-0.4, -0.2) is 51.4 Å². The number of amides is 1. The van der Waals surface area contributed by atoms with E-state index < -0.39 is 5.56 Å². The lowest BCUT2D eigenvalue weighted by Crippen LogP contribution is -2.32. The van der Waals surface area contributed by atoms with Crippen LogP contribution in [0, 0.1) is 0 Å². The van der Waals surface area contributed by atoms with Gasteiger partial charge in [0.05, 0.1) is 24.6 Å². The molecule has 0 aliphatic carbocycles. The third-order valence-electron chi connectivity index (χ3n) is 3.63. The zero-order chi connectivity index (χ0) is 18.4. The normalized spacial score (nSPS) is 10.5. The summed E-state index contributed by atoms with van der Waals surface area (Å²) >= 11 is 1.11. The maximum Gasteiger partial charge on any atom is 0.262 e. The van der Waals surface area contributed by atoms with Crippen molar-refractivity contribution in [2.24, 2.45) is 0 Å². The number of hydrogen-bond acceptors (Lipinski definition) is 6. The average Bonchev–Trinajstić information content (AvgIpc) is 2.60. The molecule has 7 nitrogen and oxygen atoms in total. The number of carbonyl (C=O) groups excluding carboxylic acids is 1. The second-order valence-electron chi connectivity index (χ2n) is 5.13. The minimum absolute atomic E-state index is 0.0511. The first-order chi connectivity index (χ1) is 12.0. The molecule has 0 atom stereocenters. The van der Waals surface area contributed by atoms with Gasteiger partial charge in [-0.3, -0.25) is 14.2 Å².